The average molecular weight is 468 g/mol. The van der Waals surface area contributed by atoms with Crippen LogP contribution in [0.4, 0.5) is 14.5 Å². The number of benzene rings is 1. The number of likely N-dealkylation sites (N-methyl/N-ethyl adjacent to an activating group) is 1. The molecular formula is C22H27F2N3O4S. The van der Waals surface area contributed by atoms with Gasteiger partial charge in [0.25, 0.3) is 15.9 Å². The number of ether oxygens (including phenoxy) is 2. The fourth-order valence-corrected chi connectivity index (χ4v) is 5.07. The summed E-state index contributed by atoms with van der Waals surface area (Å²) in [6.45, 7) is 1.70. The van der Waals surface area contributed by atoms with E-state index in [1.54, 1.807) is 6.07 Å². The molecule has 1 aromatic heterocycles. The number of halogens is 2. The minimum Gasteiger partial charge on any atom is -0.479 e. The van der Waals surface area contributed by atoms with Crippen molar-refractivity contribution in [3.63, 3.8) is 0 Å². The first-order chi connectivity index (χ1) is 15.2. The van der Waals surface area contributed by atoms with E-state index in [1.165, 1.54) is 31.4 Å². The maximum absolute atomic E-state index is 13.7. The van der Waals surface area contributed by atoms with E-state index in [0.717, 1.165) is 37.2 Å². The van der Waals surface area contributed by atoms with Crippen molar-refractivity contribution in [2.24, 2.45) is 0 Å². The van der Waals surface area contributed by atoms with Crippen LogP contribution in [0.5, 0.6) is 5.88 Å². The number of aromatic nitrogens is 1. The highest BCUT2D eigenvalue weighted by Crippen LogP contribution is 2.38. The molecule has 4 rings (SSSR count). The normalized spacial score (nSPS) is 21.4. The van der Waals surface area contributed by atoms with E-state index in [9.17, 15) is 17.2 Å². The lowest BCUT2D eigenvalue weighted by atomic mass is 9.99. The molecule has 2 aliphatic heterocycles. The Morgan fingerprint density at radius 2 is 1.94 bits per heavy atom. The molecule has 1 fully saturated rings. The maximum Gasteiger partial charge on any atom is 0.262 e. The Balaban J connectivity index is 1.55. The number of hydrogen-bond acceptors (Lipinski definition) is 6. The number of nitrogens with one attached hydrogen (secondary N) is 1. The third-order valence-electron chi connectivity index (χ3n) is 5.92. The molecule has 0 unspecified atom stereocenters. The SMILES string of the molecule is COc1nc2c(cc1NS(=O)(=O)c1ccc([C@@H]3CC(F)(F)CCO3)cc1)CCN(C)CC2. The van der Waals surface area contributed by atoms with Crippen LogP contribution < -0.4 is 9.46 Å². The van der Waals surface area contributed by atoms with Gasteiger partial charge >= 0.3 is 0 Å². The van der Waals surface area contributed by atoms with Crippen LogP contribution in [0.3, 0.4) is 0 Å². The van der Waals surface area contributed by atoms with Crippen LogP contribution >= 0.6 is 0 Å². The Morgan fingerprint density at radius 1 is 1.22 bits per heavy atom. The van der Waals surface area contributed by atoms with Gasteiger partial charge in [-0.05, 0) is 42.8 Å². The van der Waals surface area contributed by atoms with Crippen LogP contribution in [0.2, 0.25) is 0 Å². The first-order valence-corrected chi connectivity index (χ1v) is 12.0. The molecule has 1 saturated heterocycles. The van der Waals surface area contributed by atoms with E-state index in [-0.39, 0.29) is 29.5 Å². The van der Waals surface area contributed by atoms with Crippen molar-refractivity contribution in [1.82, 2.24) is 9.88 Å². The van der Waals surface area contributed by atoms with Crippen molar-refractivity contribution < 1.29 is 26.7 Å². The predicted octanol–water partition coefficient (Wildman–Crippen LogP) is 3.41. The monoisotopic (exact) mass is 467 g/mol. The number of hydrogen-bond donors (Lipinski definition) is 1. The number of methoxy groups -OCH3 is 1. The van der Waals surface area contributed by atoms with Crippen LogP contribution in [0, 0.1) is 0 Å². The van der Waals surface area contributed by atoms with Gasteiger partial charge in [0, 0.05) is 38.0 Å². The summed E-state index contributed by atoms with van der Waals surface area (Å²) in [4.78, 5) is 6.74. The van der Waals surface area contributed by atoms with Gasteiger partial charge < -0.3 is 14.4 Å². The minimum absolute atomic E-state index is 0.0144. The van der Waals surface area contributed by atoms with Gasteiger partial charge in [0.05, 0.1) is 24.7 Å². The van der Waals surface area contributed by atoms with Gasteiger partial charge in [-0.2, -0.15) is 0 Å². The maximum atomic E-state index is 13.7. The van der Waals surface area contributed by atoms with Crippen molar-refractivity contribution in [1.29, 1.82) is 0 Å². The highest BCUT2D eigenvalue weighted by Gasteiger charge is 2.37. The molecule has 10 heteroatoms. The quantitative estimate of drug-likeness (QED) is 0.726. The summed E-state index contributed by atoms with van der Waals surface area (Å²) in [7, 11) is -0.446. The van der Waals surface area contributed by atoms with Crippen LogP contribution in [0.1, 0.15) is 35.8 Å². The van der Waals surface area contributed by atoms with Gasteiger partial charge in [-0.15, -0.1) is 0 Å². The van der Waals surface area contributed by atoms with E-state index >= 15 is 0 Å². The fraction of sp³-hybridized carbons (Fsp3) is 0.500. The zero-order valence-corrected chi connectivity index (χ0v) is 18.9. The predicted molar refractivity (Wildman–Crippen MR) is 116 cm³/mol. The summed E-state index contributed by atoms with van der Waals surface area (Å²) >= 11 is 0. The van der Waals surface area contributed by atoms with Crippen molar-refractivity contribution in [2.75, 3.05) is 38.6 Å². The summed E-state index contributed by atoms with van der Waals surface area (Å²) in [6, 6.07) is 7.61. The molecule has 32 heavy (non-hydrogen) atoms. The summed E-state index contributed by atoms with van der Waals surface area (Å²) < 4.78 is 66.7. The lowest BCUT2D eigenvalue weighted by Gasteiger charge is -2.29. The number of rotatable bonds is 5. The van der Waals surface area contributed by atoms with E-state index in [1.807, 2.05) is 7.05 Å². The summed E-state index contributed by atoms with van der Waals surface area (Å²) in [5, 5.41) is 0. The van der Waals surface area contributed by atoms with E-state index in [4.69, 9.17) is 9.47 Å². The third-order valence-corrected chi connectivity index (χ3v) is 7.30. The number of nitrogens with zero attached hydrogens (tertiary/aromatic N) is 2. The van der Waals surface area contributed by atoms with Gasteiger partial charge in [-0.3, -0.25) is 4.72 Å². The minimum atomic E-state index is -3.93. The Kier molecular flexibility index (Phi) is 6.37. The Bertz CT molecular complexity index is 1080. The number of pyridine rings is 1. The highest BCUT2D eigenvalue weighted by atomic mass is 32.2. The van der Waals surface area contributed by atoms with Gasteiger partial charge in [0.15, 0.2) is 0 Å². The molecule has 2 aliphatic rings. The number of alkyl halides is 2. The second kappa shape index (κ2) is 8.92. The molecule has 3 heterocycles. The topological polar surface area (TPSA) is 80.8 Å². The third kappa shape index (κ3) is 5.02. The average Bonchev–Trinajstić information content (AvgIpc) is 2.93. The van der Waals surface area contributed by atoms with E-state index < -0.39 is 28.5 Å². The fourth-order valence-electron chi connectivity index (χ4n) is 4.02. The molecule has 0 saturated carbocycles. The highest BCUT2D eigenvalue weighted by molar-refractivity contribution is 7.92. The second-order valence-corrected chi connectivity index (χ2v) is 9.98. The Hall–Kier alpha value is -2.30. The molecule has 0 aliphatic carbocycles. The van der Waals surface area contributed by atoms with Gasteiger partial charge in [-0.25, -0.2) is 22.2 Å². The molecule has 7 nitrogen and oxygen atoms in total. The molecule has 174 valence electrons. The van der Waals surface area contributed by atoms with Crippen LogP contribution in [0.15, 0.2) is 35.2 Å². The smallest absolute Gasteiger partial charge is 0.262 e. The van der Waals surface area contributed by atoms with Gasteiger partial charge in [0.2, 0.25) is 5.88 Å². The lowest BCUT2D eigenvalue weighted by molar-refractivity contribution is -0.129. The van der Waals surface area contributed by atoms with E-state index in [0.29, 0.717) is 5.56 Å². The number of anilines is 1. The summed E-state index contributed by atoms with van der Waals surface area (Å²) in [5.41, 5.74) is 2.69. The first-order valence-electron chi connectivity index (χ1n) is 10.5. The zero-order chi connectivity index (χ0) is 22.9. The lowest BCUT2D eigenvalue weighted by Crippen LogP contribution is -2.29. The Morgan fingerprint density at radius 3 is 2.62 bits per heavy atom. The molecule has 2 aromatic rings. The molecule has 1 aromatic carbocycles. The molecule has 0 amide bonds. The zero-order valence-electron chi connectivity index (χ0n) is 18.1. The van der Waals surface area contributed by atoms with Crippen molar-refractivity contribution >= 4 is 15.7 Å². The number of sulfonamides is 1. The molecule has 1 atom stereocenters. The molecule has 1 N–H and O–H groups in total. The summed E-state index contributed by atoms with van der Waals surface area (Å²) in [6.07, 6.45) is 0.0599. The molecule has 0 spiro atoms. The van der Waals surface area contributed by atoms with Crippen molar-refractivity contribution in [3.05, 3.63) is 47.2 Å². The molecule has 0 radical (unpaired) electrons. The van der Waals surface area contributed by atoms with Gasteiger partial charge in [0.1, 0.15) is 5.69 Å². The summed E-state index contributed by atoms with van der Waals surface area (Å²) in [5.74, 6) is -2.56. The Labute approximate surface area is 186 Å². The van der Waals surface area contributed by atoms with Crippen molar-refractivity contribution in [2.45, 2.75) is 42.6 Å². The van der Waals surface area contributed by atoms with Crippen molar-refractivity contribution in [3.8, 4) is 5.88 Å². The number of fused-ring (bicyclic) bond motifs is 1. The van der Waals surface area contributed by atoms with E-state index in [2.05, 4.69) is 14.6 Å². The molecule has 0 bridgehead atoms. The second-order valence-electron chi connectivity index (χ2n) is 8.30. The largest absolute Gasteiger partial charge is 0.479 e. The molecular weight excluding hydrogens is 440 g/mol. The standard InChI is InChI=1S/C22H27F2N3O4S/c1-27-10-7-16-13-19(21(30-2)25-18(16)8-11-27)26-32(28,29)17-5-3-15(4-6-17)20-14-22(23,24)9-12-31-20/h3-6,13,20,26H,7-12,14H2,1-2H3/t20-/m0/s1. The van der Waals surface area contributed by atoms with Crippen LogP contribution in [-0.2, 0) is 27.6 Å². The first kappa shape index (κ1) is 22.9. The van der Waals surface area contributed by atoms with Gasteiger partial charge in [-0.1, -0.05) is 12.1 Å². The van der Waals surface area contributed by atoms with Crippen LogP contribution in [0.25, 0.3) is 0 Å². The van der Waals surface area contributed by atoms with Crippen LogP contribution in [-0.4, -0.2) is 58.1 Å².